The molecule has 3 nitrogen and oxygen atoms in total. The number of hydrogen-bond acceptors (Lipinski definition) is 2. The Kier molecular flexibility index (Phi) is 5.69. The third-order valence-electron chi connectivity index (χ3n) is 4.51. The van der Waals surface area contributed by atoms with Gasteiger partial charge in [0, 0.05) is 18.1 Å². The van der Waals surface area contributed by atoms with Crippen LogP contribution in [0.4, 0.5) is 0 Å². The van der Waals surface area contributed by atoms with Gasteiger partial charge in [-0.15, -0.1) is 0 Å². The van der Waals surface area contributed by atoms with Crippen LogP contribution in [-0.4, -0.2) is 25.5 Å². The summed E-state index contributed by atoms with van der Waals surface area (Å²) in [4.78, 5) is 0. The molecule has 0 aliphatic heterocycles. The van der Waals surface area contributed by atoms with Crippen LogP contribution in [-0.2, 0) is 10.0 Å². The van der Waals surface area contributed by atoms with Crippen LogP contribution >= 0.6 is 11.6 Å². The molecule has 0 radical (unpaired) electrons. The molecule has 118 valence electrons. The SMILES string of the molecule is C[C@H](c1ccc(Cl)cc1)N(C)S(=O)(=O)CC1CCCCC1. The van der Waals surface area contributed by atoms with Crippen molar-refractivity contribution < 1.29 is 8.42 Å². The van der Waals surface area contributed by atoms with Gasteiger partial charge in [0.25, 0.3) is 0 Å². The number of benzene rings is 1. The molecule has 0 aromatic heterocycles. The van der Waals surface area contributed by atoms with Crippen LogP contribution in [0.1, 0.15) is 50.6 Å². The molecule has 1 aliphatic rings. The average molecular weight is 330 g/mol. The van der Waals surface area contributed by atoms with Crippen LogP contribution in [0.5, 0.6) is 0 Å². The van der Waals surface area contributed by atoms with Crippen LogP contribution in [0, 0.1) is 5.92 Å². The van der Waals surface area contributed by atoms with Crippen molar-refractivity contribution >= 4 is 21.6 Å². The van der Waals surface area contributed by atoms with Crippen LogP contribution in [0.2, 0.25) is 5.02 Å². The summed E-state index contributed by atoms with van der Waals surface area (Å²) in [6.45, 7) is 1.92. The van der Waals surface area contributed by atoms with E-state index in [2.05, 4.69) is 0 Å². The van der Waals surface area contributed by atoms with E-state index in [4.69, 9.17) is 11.6 Å². The molecule has 2 rings (SSSR count). The van der Waals surface area contributed by atoms with Crippen molar-refractivity contribution in [1.82, 2.24) is 4.31 Å². The van der Waals surface area contributed by atoms with E-state index in [0.717, 1.165) is 31.2 Å². The van der Waals surface area contributed by atoms with Crippen molar-refractivity contribution in [2.45, 2.75) is 45.1 Å². The van der Waals surface area contributed by atoms with E-state index in [-0.39, 0.29) is 11.8 Å². The summed E-state index contributed by atoms with van der Waals surface area (Å²) < 4.78 is 26.7. The first kappa shape index (κ1) is 16.8. The van der Waals surface area contributed by atoms with Gasteiger partial charge in [-0.25, -0.2) is 8.42 Å². The molecule has 0 spiro atoms. The maximum absolute atomic E-state index is 12.6. The average Bonchev–Trinajstić information content (AvgIpc) is 2.47. The minimum Gasteiger partial charge on any atom is -0.212 e. The maximum Gasteiger partial charge on any atom is 0.214 e. The fourth-order valence-corrected chi connectivity index (χ4v) is 4.86. The normalized spacial score (nSPS) is 18.9. The molecule has 1 aromatic rings. The second kappa shape index (κ2) is 7.12. The molecule has 1 aliphatic carbocycles. The van der Waals surface area contributed by atoms with Gasteiger partial charge >= 0.3 is 0 Å². The van der Waals surface area contributed by atoms with E-state index in [1.807, 2.05) is 19.1 Å². The zero-order valence-electron chi connectivity index (χ0n) is 12.8. The Morgan fingerprint density at radius 1 is 1.19 bits per heavy atom. The van der Waals surface area contributed by atoms with Crippen LogP contribution < -0.4 is 0 Å². The molecular formula is C16H24ClNO2S. The highest BCUT2D eigenvalue weighted by molar-refractivity contribution is 7.89. The molecule has 0 N–H and O–H groups in total. The Morgan fingerprint density at radius 2 is 1.76 bits per heavy atom. The van der Waals surface area contributed by atoms with Crippen molar-refractivity contribution in [3.05, 3.63) is 34.9 Å². The highest BCUT2D eigenvalue weighted by Gasteiger charge is 2.28. The van der Waals surface area contributed by atoms with E-state index in [1.165, 1.54) is 10.7 Å². The lowest BCUT2D eigenvalue weighted by Crippen LogP contribution is -2.34. The fraction of sp³-hybridized carbons (Fsp3) is 0.625. The first-order valence-corrected chi connectivity index (χ1v) is 9.60. The molecule has 0 unspecified atom stereocenters. The lowest BCUT2D eigenvalue weighted by Gasteiger charge is -2.28. The second-order valence-electron chi connectivity index (χ2n) is 6.03. The minimum atomic E-state index is -3.22. The summed E-state index contributed by atoms with van der Waals surface area (Å²) in [5.74, 6) is 0.602. The van der Waals surface area contributed by atoms with E-state index < -0.39 is 10.0 Å². The highest BCUT2D eigenvalue weighted by Crippen LogP contribution is 2.28. The molecule has 0 heterocycles. The summed E-state index contributed by atoms with van der Waals surface area (Å²) in [6.07, 6.45) is 5.66. The van der Waals surface area contributed by atoms with Crippen molar-refractivity contribution in [2.24, 2.45) is 5.92 Å². The van der Waals surface area contributed by atoms with E-state index >= 15 is 0 Å². The first-order chi connectivity index (χ1) is 9.90. The number of sulfonamides is 1. The summed E-state index contributed by atoms with van der Waals surface area (Å²) in [6, 6.07) is 7.21. The predicted molar refractivity (Wildman–Crippen MR) is 88.0 cm³/mol. The molecular weight excluding hydrogens is 306 g/mol. The summed E-state index contributed by atoms with van der Waals surface area (Å²) in [5.41, 5.74) is 0.967. The topological polar surface area (TPSA) is 37.4 Å². The van der Waals surface area contributed by atoms with Crippen molar-refractivity contribution in [1.29, 1.82) is 0 Å². The van der Waals surface area contributed by atoms with Crippen LogP contribution in [0.25, 0.3) is 0 Å². The smallest absolute Gasteiger partial charge is 0.212 e. The molecule has 1 aromatic carbocycles. The fourth-order valence-electron chi connectivity index (χ4n) is 2.96. The number of nitrogens with zero attached hydrogens (tertiary/aromatic N) is 1. The van der Waals surface area contributed by atoms with Gasteiger partial charge < -0.3 is 0 Å². The van der Waals surface area contributed by atoms with Gasteiger partial charge in [0.15, 0.2) is 0 Å². The lowest BCUT2D eigenvalue weighted by atomic mass is 9.91. The Balaban J connectivity index is 2.05. The molecule has 1 saturated carbocycles. The van der Waals surface area contributed by atoms with Crippen LogP contribution in [0.15, 0.2) is 24.3 Å². The highest BCUT2D eigenvalue weighted by atomic mass is 35.5. The third kappa shape index (κ3) is 4.44. The zero-order chi connectivity index (χ0) is 15.5. The Morgan fingerprint density at radius 3 is 2.33 bits per heavy atom. The van der Waals surface area contributed by atoms with Gasteiger partial charge in [-0.2, -0.15) is 4.31 Å². The summed E-state index contributed by atoms with van der Waals surface area (Å²) >= 11 is 5.88. The number of hydrogen-bond donors (Lipinski definition) is 0. The molecule has 0 bridgehead atoms. The minimum absolute atomic E-state index is 0.171. The lowest BCUT2D eigenvalue weighted by molar-refractivity contribution is 0.360. The summed E-state index contributed by atoms with van der Waals surface area (Å²) in [7, 11) is -1.54. The van der Waals surface area contributed by atoms with Crippen molar-refractivity contribution in [3.63, 3.8) is 0 Å². The second-order valence-corrected chi connectivity index (χ2v) is 8.54. The maximum atomic E-state index is 12.6. The predicted octanol–water partition coefficient (Wildman–Crippen LogP) is 4.24. The van der Waals surface area contributed by atoms with Gasteiger partial charge in [0.1, 0.15) is 0 Å². The molecule has 21 heavy (non-hydrogen) atoms. The van der Waals surface area contributed by atoms with E-state index in [1.54, 1.807) is 19.2 Å². The molecule has 1 atom stereocenters. The van der Waals surface area contributed by atoms with Gasteiger partial charge in [-0.05, 0) is 43.4 Å². The summed E-state index contributed by atoms with van der Waals surface area (Å²) in [5, 5.41) is 0.665. The van der Waals surface area contributed by atoms with Gasteiger partial charge in [-0.3, -0.25) is 0 Å². The molecule has 1 fully saturated rings. The first-order valence-electron chi connectivity index (χ1n) is 7.61. The van der Waals surface area contributed by atoms with E-state index in [9.17, 15) is 8.42 Å². The Hall–Kier alpha value is -0.580. The Bertz CT molecular complexity index is 550. The van der Waals surface area contributed by atoms with Gasteiger partial charge in [0.05, 0.1) is 5.75 Å². The van der Waals surface area contributed by atoms with Gasteiger partial charge in [0.2, 0.25) is 10.0 Å². The van der Waals surface area contributed by atoms with Crippen molar-refractivity contribution in [3.8, 4) is 0 Å². The molecule has 0 amide bonds. The van der Waals surface area contributed by atoms with E-state index in [0.29, 0.717) is 10.9 Å². The molecule has 5 heteroatoms. The van der Waals surface area contributed by atoms with Crippen LogP contribution in [0.3, 0.4) is 0 Å². The molecule has 0 saturated heterocycles. The Labute approximate surface area is 133 Å². The van der Waals surface area contributed by atoms with Gasteiger partial charge in [-0.1, -0.05) is 43.0 Å². The monoisotopic (exact) mass is 329 g/mol. The van der Waals surface area contributed by atoms with Crippen molar-refractivity contribution in [2.75, 3.05) is 12.8 Å². The number of rotatable bonds is 5. The number of halogens is 1. The zero-order valence-corrected chi connectivity index (χ0v) is 14.3. The third-order valence-corrected chi connectivity index (χ3v) is 6.85. The largest absolute Gasteiger partial charge is 0.214 e. The standard InChI is InChI=1S/C16H24ClNO2S/c1-13(15-8-10-16(17)11-9-15)18(2)21(19,20)12-14-6-4-3-5-7-14/h8-11,13-14H,3-7,12H2,1-2H3/t13-/m1/s1. The quantitative estimate of drug-likeness (QED) is 0.810.